The van der Waals surface area contributed by atoms with E-state index >= 15 is 0 Å². The van der Waals surface area contributed by atoms with Crippen molar-refractivity contribution in [3.05, 3.63) is 47.0 Å². The molecule has 10 nitrogen and oxygen atoms in total. The minimum absolute atomic E-state index is 0.0793. The number of ether oxygens (including phenoxy) is 3. The topological polar surface area (TPSA) is 139 Å². The van der Waals surface area contributed by atoms with E-state index in [-0.39, 0.29) is 44.2 Å². The van der Waals surface area contributed by atoms with Crippen LogP contribution in [0.25, 0.3) is 0 Å². The largest absolute Gasteiger partial charge is 0.454 e. The van der Waals surface area contributed by atoms with E-state index in [9.17, 15) is 19.8 Å². The monoisotopic (exact) mass is 557 g/mol. The third-order valence-electron chi connectivity index (χ3n) is 8.75. The fourth-order valence-corrected chi connectivity index (χ4v) is 7.52. The van der Waals surface area contributed by atoms with Crippen molar-refractivity contribution in [2.45, 2.75) is 58.1 Å². The number of aromatic nitrogens is 1. The molecule has 0 bridgehead atoms. The first-order chi connectivity index (χ1) is 18.7. The van der Waals surface area contributed by atoms with Gasteiger partial charge in [-0.25, -0.2) is 9.78 Å². The molecule has 2 aromatic rings. The molecular formula is C28H35N3O7S. The van der Waals surface area contributed by atoms with Gasteiger partial charge in [0.2, 0.25) is 12.7 Å². The molecule has 2 amide bonds. The molecule has 1 fully saturated rings. The molecule has 2 aliphatic carbocycles. The Bertz CT molecular complexity index is 1270. The molecule has 1 saturated carbocycles. The summed E-state index contributed by atoms with van der Waals surface area (Å²) in [5.41, 5.74) is 0.557. The average molecular weight is 558 g/mol. The van der Waals surface area contributed by atoms with Crippen molar-refractivity contribution < 1.29 is 34.0 Å². The second-order valence-corrected chi connectivity index (χ2v) is 12.1. The fraction of sp³-hybridized carbons (Fsp3) is 0.536. The van der Waals surface area contributed by atoms with Gasteiger partial charge in [-0.15, -0.1) is 11.3 Å². The number of benzene rings is 1. The van der Waals surface area contributed by atoms with Gasteiger partial charge in [-0.05, 0) is 48.3 Å². The molecule has 1 aliphatic heterocycles. The lowest BCUT2D eigenvalue weighted by atomic mass is 9.47. The number of hydrogen-bond donors (Lipinski definition) is 4. The van der Waals surface area contributed by atoms with Crippen LogP contribution >= 0.6 is 11.3 Å². The maximum absolute atomic E-state index is 13.4. The van der Waals surface area contributed by atoms with Gasteiger partial charge in [0.15, 0.2) is 16.6 Å². The van der Waals surface area contributed by atoms with Crippen LogP contribution in [0.15, 0.2) is 30.9 Å². The molecule has 210 valence electrons. The first-order valence-electron chi connectivity index (χ1n) is 13.2. The summed E-state index contributed by atoms with van der Waals surface area (Å²) in [5.74, 6) is 0.866. The number of carbonyl (C=O) groups excluding carboxylic acids is 2. The van der Waals surface area contributed by atoms with Crippen molar-refractivity contribution in [1.29, 1.82) is 0 Å². The molecule has 0 spiro atoms. The van der Waals surface area contributed by atoms with Crippen molar-refractivity contribution in [2.24, 2.45) is 16.7 Å². The maximum atomic E-state index is 13.4. The molecule has 4 N–H and O–H groups in total. The molecule has 0 radical (unpaired) electrons. The summed E-state index contributed by atoms with van der Waals surface area (Å²) in [5, 5.41) is 27.5. The summed E-state index contributed by atoms with van der Waals surface area (Å²) in [4.78, 5) is 31.2. The predicted octanol–water partition coefficient (Wildman–Crippen LogP) is 3.73. The van der Waals surface area contributed by atoms with E-state index in [1.54, 1.807) is 0 Å². The number of fused-ring (bicyclic) bond motifs is 3. The first kappa shape index (κ1) is 27.4. The van der Waals surface area contributed by atoms with Crippen LogP contribution < -0.4 is 20.1 Å². The number of aliphatic hydroxyl groups excluding tert-OH is 2. The smallest absolute Gasteiger partial charge is 0.413 e. The zero-order valence-corrected chi connectivity index (χ0v) is 23.0. The van der Waals surface area contributed by atoms with Crippen LogP contribution in [0.1, 0.15) is 55.2 Å². The highest BCUT2D eigenvalue weighted by Gasteiger charge is 2.59. The van der Waals surface area contributed by atoms with Gasteiger partial charge in [-0.3, -0.25) is 10.1 Å². The highest BCUT2D eigenvalue weighted by Crippen LogP contribution is 2.62. The Kier molecular flexibility index (Phi) is 7.58. The predicted molar refractivity (Wildman–Crippen MR) is 145 cm³/mol. The summed E-state index contributed by atoms with van der Waals surface area (Å²) < 4.78 is 15.9. The van der Waals surface area contributed by atoms with E-state index in [0.717, 1.165) is 16.1 Å². The molecule has 3 aliphatic rings. The molecular weight excluding hydrogens is 522 g/mol. The van der Waals surface area contributed by atoms with Gasteiger partial charge in [0.25, 0.3) is 0 Å². The van der Waals surface area contributed by atoms with Crippen LogP contribution in [-0.4, -0.2) is 53.3 Å². The van der Waals surface area contributed by atoms with Crippen LogP contribution in [0.5, 0.6) is 11.5 Å². The standard InChI is InChI=1S/C28H35N3O7S/c1-4-9-36-26(35)31-25-30-24-17(11-23(34)29-13-16-5-6-18-19(10-16)38-15-37-18)27(2)8-7-22(33)28(3,14-32)21(27)12-20(24)39-25/h4-6,10,17,21-22,32-33H,1,7-9,11-15H2,2-3H3,(H,29,34)(H,30,31,35). The highest BCUT2D eigenvalue weighted by molar-refractivity contribution is 7.15. The number of nitrogens with zero attached hydrogens (tertiary/aromatic N) is 1. The maximum Gasteiger partial charge on any atom is 0.413 e. The summed E-state index contributed by atoms with van der Waals surface area (Å²) in [6, 6.07) is 5.58. The third kappa shape index (κ3) is 5.10. The molecule has 5 rings (SSSR count). The Hall–Kier alpha value is -3.15. The molecule has 0 saturated heterocycles. The number of rotatable bonds is 8. The van der Waals surface area contributed by atoms with Crippen molar-refractivity contribution in [3.8, 4) is 11.5 Å². The molecule has 1 aromatic heterocycles. The number of carbonyl (C=O) groups is 2. The van der Waals surface area contributed by atoms with Crippen molar-refractivity contribution in [1.82, 2.24) is 10.3 Å². The third-order valence-corrected chi connectivity index (χ3v) is 9.76. The quantitative estimate of drug-likeness (QED) is 0.360. The molecule has 1 aromatic carbocycles. The summed E-state index contributed by atoms with van der Waals surface area (Å²) in [6.45, 7) is 8.05. The zero-order chi connectivity index (χ0) is 27.8. The Morgan fingerprint density at radius 1 is 1.31 bits per heavy atom. The van der Waals surface area contributed by atoms with E-state index in [0.29, 0.717) is 42.4 Å². The molecule has 5 atom stereocenters. The van der Waals surface area contributed by atoms with Crippen LogP contribution in [0, 0.1) is 16.7 Å². The Morgan fingerprint density at radius 2 is 2.10 bits per heavy atom. The second-order valence-electron chi connectivity index (χ2n) is 11.0. The van der Waals surface area contributed by atoms with Crippen LogP contribution in [0.4, 0.5) is 9.93 Å². The Labute approximate surface area is 231 Å². The number of hydrogen-bond acceptors (Lipinski definition) is 9. The Balaban J connectivity index is 1.40. The highest BCUT2D eigenvalue weighted by atomic mass is 32.1. The normalized spacial score (nSPS) is 28.7. The zero-order valence-electron chi connectivity index (χ0n) is 22.2. The number of anilines is 1. The van der Waals surface area contributed by atoms with Crippen molar-refractivity contribution in [3.63, 3.8) is 0 Å². The lowest BCUT2D eigenvalue weighted by molar-refractivity contribution is -0.144. The lowest BCUT2D eigenvalue weighted by Gasteiger charge is -2.58. The number of aliphatic hydroxyl groups is 2. The van der Waals surface area contributed by atoms with Gasteiger partial charge in [-0.2, -0.15) is 0 Å². The SMILES string of the molecule is C=CCOC(=O)Nc1nc2c(s1)CC1C(C)(CO)C(O)CCC1(C)C2CC(=O)NCc1ccc2c(c1)OCO2. The minimum Gasteiger partial charge on any atom is -0.454 e. The van der Waals surface area contributed by atoms with E-state index in [4.69, 9.17) is 19.2 Å². The Morgan fingerprint density at radius 3 is 2.87 bits per heavy atom. The van der Waals surface area contributed by atoms with E-state index in [1.807, 2.05) is 25.1 Å². The lowest BCUT2D eigenvalue weighted by Crippen LogP contribution is -2.57. The first-order valence-corrected chi connectivity index (χ1v) is 14.0. The number of amides is 2. The van der Waals surface area contributed by atoms with E-state index < -0.39 is 23.0 Å². The second kappa shape index (κ2) is 10.8. The molecule has 5 unspecified atom stereocenters. The van der Waals surface area contributed by atoms with Gasteiger partial charge in [0, 0.05) is 29.2 Å². The number of thiazole rings is 1. The van der Waals surface area contributed by atoms with Crippen LogP contribution in [0.2, 0.25) is 0 Å². The van der Waals surface area contributed by atoms with E-state index in [2.05, 4.69) is 24.1 Å². The fourth-order valence-electron chi connectivity index (χ4n) is 6.47. The van der Waals surface area contributed by atoms with E-state index in [1.165, 1.54) is 17.4 Å². The minimum atomic E-state index is -0.730. The van der Waals surface area contributed by atoms with Crippen LogP contribution in [-0.2, 0) is 22.5 Å². The average Bonchev–Trinajstić information content (AvgIpc) is 3.56. The van der Waals surface area contributed by atoms with Crippen molar-refractivity contribution in [2.75, 3.05) is 25.3 Å². The molecule has 2 heterocycles. The van der Waals surface area contributed by atoms with Gasteiger partial charge >= 0.3 is 6.09 Å². The van der Waals surface area contributed by atoms with Gasteiger partial charge in [-0.1, -0.05) is 32.6 Å². The van der Waals surface area contributed by atoms with Gasteiger partial charge in [0.1, 0.15) is 6.61 Å². The van der Waals surface area contributed by atoms with Crippen molar-refractivity contribution >= 4 is 28.5 Å². The van der Waals surface area contributed by atoms with Crippen LogP contribution in [0.3, 0.4) is 0 Å². The van der Waals surface area contributed by atoms with Gasteiger partial charge in [0.05, 0.1) is 18.4 Å². The molecule has 11 heteroatoms. The molecule has 39 heavy (non-hydrogen) atoms. The summed E-state index contributed by atoms with van der Waals surface area (Å²) in [7, 11) is 0. The van der Waals surface area contributed by atoms with Gasteiger partial charge < -0.3 is 29.7 Å². The summed E-state index contributed by atoms with van der Waals surface area (Å²) in [6.07, 6.45) is 2.20. The summed E-state index contributed by atoms with van der Waals surface area (Å²) >= 11 is 1.35. The number of nitrogens with one attached hydrogen (secondary N) is 2.